The maximum absolute atomic E-state index is 11.5. The van der Waals surface area contributed by atoms with E-state index in [4.69, 9.17) is 20.8 Å². The number of hydrogen-bond donors (Lipinski definition) is 0. The lowest BCUT2D eigenvalue weighted by Gasteiger charge is -2.04. The van der Waals surface area contributed by atoms with Gasteiger partial charge in [0, 0.05) is 17.2 Å². The molecule has 2 aromatic rings. The summed E-state index contributed by atoms with van der Waals surface area (Å²) in [7, 11) is -2.88. The van der Waals surface area contributed by atoms with Crippen LogP contribution in [-0.4, -0.2) is 42.5 Å². The summed E-state index contributed by atoms with van der Waals surface area (Å²) in [4.78, 5) is 0. The fraction of sp³-hybridized carbons (Fsp3) is 0.467. The Labute approximate surface area is 149 Å². The molecule has 0 saturated carbocycles. The smallest absolute Gasteiger partial charge is 0.276 e. The molecule has 0 aliphatic carbocycles. The number of aromatic nitrogens is 2. The molecule has 1 fully saturated rings. The van der Waals surface area contributed by atoms with Crippen LogP contribution in [0.25, 0.3) is 0 Å². The third kappa shape index (κ3) is 5.12. The zero-order valence-electron chi connectivity index (χ0n) is 12.9. The molecule has 0 bridgehead atoms. The van der Waals surface area contributed by atoms with Gasteiger partial charge in [-0.2, -0.15) is 0 Å². The minimum absolute atomic E-state index is 0.0828. The molecule has 1 aromatic carbocycles. The Morgan fingerprint density at radius 2 is 2.25 bits per heavy atom. The molecule has 6 nitrogen and oxygen atoms in total. The van der Waals surface area contributed by atoms with Gasteiger partial charge in [-0.1, -0.05) is 29.4 Å². The Hall–Kier alpha value is -1.25. The van der Waals surface area contributed by atoms with Crippen LogP contribution in [0.3, 0.4) is 0 Å². The fourth-order valence-electron chi connectivity index (χ4n) is 2.50. The monoisotopic (exact) mass is 388 g/mol. The molecule has 9 heteroatoms. The second-order valence-electron chi connectivity index (χ2n) is 5.59. The summed E-state index contributed by atoms with van der Waals surface area (Å²) in [5.74, 6) is 2.43. The molecule has 3 rings (SSSR count). The van der Waals surface area contributed by atoms with Crippen LogP contribution in [0.1, 0.15) is 12.3 Å². The minimum Gasteiger partial charge on any atom is -0.493 e. The van der Waals surface area contributed by atoms with E-state index in [1.807, 2.05) is 12.1 Å². The van der Waals surface area contributed by atoms with Gasteiger partial charge in [0.15, 0.2) is 9.84 Å². The first kappa shape index (κ1) is 17.6. The summed E-state index contributed by atoms with van der Waals surface area (Å²) >= 11 is 7.29. The van der Waals surface area contributed by atoms with Crippen LogP contribution < -0.4 is 4.74 Å². The summed E-state index contributed by atoms with van der Waals surface area (Å²) in [5, 5.41) is 9.07. The van der Waals surface area contributed by atoms with Crippen molar-refractivity contribution in [3.63, 3.8) is 0 Å². The van der Waals surface area contributed by atoms with Crippen molar-refractivity contribution < 1.29 is 17.6 Å². The largest absolute Gasteiger partial charge is 0.493 e. The van der Waals surface area contributed by atoms with Crippen LogP contribution in [0.2, 0.25) is 5.02 Å². The van der Waals surface area contributed by atoms with Gasteiger partial charge < -0.3 is 9.15 Å². The van der Waals surface area contributed by atoms with E-state index in [1.165, 1.54) is 11.8 Å². The summed E-state index contributed by atoms with van der Waals surface area (Å²) in [6.45, 7) is 0.490. The van der Waals surface area contributed by atoms with Crippen molar-refractivity contribution >= 4 is 33.2 Å². The molecule has 130 valence electrons. The highest BCUT2D eigenvalue weighted by molar-refractivity contribution is 7.99. The molecule has 0 spiro atoms. The number of sulfone groups is 1. The lowest BCUT2D eigenvalue weighted by Crippen LogP contribution is -2.07. The first-order chi connectivity index (χ1) is 11.5. The number of thioether (sulfide) groups is 1. The highest BCUT2D eigenvalue weighted by atomic mass is 35.5. The van der Waals surface area contributed by atoms with Gasteiger partial charge in [-0.05, 0) is 30.5 Å². The van der Waals surface area contributed by atoms with Gasteiger partial charge in [0.2, 0.25) is 5.89 Å². The van der Waals surface area contributed by atoms with Gasteiger partial charge in [-0.3, -0.25) is 0 Å². The summed E-state index contributed by atoms with van der Waals surface area (Å²) in [5.41, 5.74) is 0. The standard InChI is InChI=1S/C15H17ClN2O4S2/c16-12-2-1-3-13(9-12)21-5-6-23-15-18-17-14(22-15)8-11-4-7-24(19,20)10-11/h1-3,9,11H,4-8,10H2. The Morgan fingerprint density at radius 3 is 3.00 bits per heavy atom. The predicted molar refractivity (Wildman–Crippen MR) is 92.4 cm³/mol. The average Bonchev–Trinajstić information content (AvgIpc) is 3.10. The molecule has 1 aromatic heterocycles. The SMILES string of the molecule is O=S1(=O)CCC(Cc2nnc(SCCOc3cccc(Cl)c3)o2)C1. The molecular weight excluding hydrogens is 372 g/mol. The molecule has 1 aliphatic heterocycles. The first-order valence-corrected chi connectivity index (χ1v) is 10.7. The van der Waals surface area contributed by atoms with E-state index >= 15 is 0 Å². The van der Waals surface area contributed by atoms with E-state index in [0.29, 0.717) is 41.3 Å². The van der Waals surface area contributed by atoms with Crippen molar-refractivity contribution in [1.82, 2.24) is 10.2 Å². The molecule has 0 N–H and O–H groups in total. The second-order valence-corrected chi connectivity index (χ2v) is 9.30. The van der Waals surface area contributed by atoms with Crippen LogP contribution in [-0.2, 0) is 16.3 Å². The predicted octanol–water partition coefficient (Wildman–Crippen LogP) is 2.87. The quantitative estimate of drug-likeness (QED) is 0.532. The normalized spacial score (nSPS) is 19.5. The van der Waals surface area contributed by atoms with Crippen molar-refractivity contribution in [2.45, 2.75) is 18.1 Å². The zero-order valence-corrected chi connectivity index (χ0v) is 15.2. The summed E-state index contributed by atoms with van der Waals surface area (Å²) < 4.78 is 34.1. The maximum Gasteiger partial charge on any atom is 0.276 e. The van der Waals surface area contributed by atoms with Crippen molar-refractivity contribution in [3.05, 3.63) is 35.2 Å². The maximum atomic E-state index is 11.5. The van der Waals surface area contributed by atoms with Crippen LogP contribution in [0, 0.1) is 5.92 Å². The number of nitrogens with zero attached hydrogens (tertiary/aromatic N) is 2. The van der Waals surface area contributed by atoms with E-state index in [-0.39, 0.29) is 17.4 Å². The molecule has 2 heterocycles. The van der Waals surface area contributed by atoms with Crippen molar-refractivity contribution in [3.8, 4) is 5.75 Å². The van der Waals surface area contributed by atoms with Gasteiger partial charge in [0.1, 0.15) is 5.75 Å². The number of benzene rings is 1. The van der Waals surface area contributed by atoms with Crippen molar-refractivity contribution in [2.24, 2.45) is 5.92 Å². The molecule has 24 heavy (non-hydrogen) atoms. The topological polar surface area (TPSA) is 82.3 Å². The third-order valence-electron chi connectivity index (χ3n) is 3.61. The molecule has 1 saturated heterocycles. The highest BCUT2D eigenvalue weighted by Gasteiger charge is 2.29. The van der Waals surface area contributed by atoms with Crippen LogP contribution >= 0.6 is 23.4 Å². The van der Waals surface area contributed by atoms with E-state index < -0.39 is 9.84 Å². The fourth-order valence-corrected chi connectivity index (χ4v) is 5.14. The number of halogens is 1. The van der Waals surface area contributed by atoms with E-state index in [1.54, 1.807) is 12.1 Å². The lowest BCUT2D eigenvalue weighted by atomic mass is 10.1. The van der Waals surface area contributed by atoms with Crippen LogP contribution in [0.15, 0.2) is 33.9 Å². The third-order valence-corrected chi connectivity index (χ3v) is 6.47. The van der Waals surface area contributed by atoms with Gasteiger partial charge in [-0.15, -0.1) is 10.2 Å². The Kier molecular flexibility index (Phi) is 5.68. The average molecular weight is 389 g/mol. The minimum atomic E-state index is -2.88. The Morgan fingerprint density at radius 1 is 1.38 bits per heavy atom. The van der Waals surface area contributed by atoms with Crippen molar-refractivity contribution in [1.29, 1.82) is 0 Å². The van der Waals surface area contributed by atoms with E-state index in [0.717, 1.165) is 5.75 Å². The molecule has 1 atom stereocenters. The summed E-state index contributed by atoms with van der Waals surface area (Å²) in [6.07, 6.45) is 1.19. The van der Waals surface area contributed by atoms with Crippen LogP contribution in [0.4, 0.5) is 0 Å². The molecule has 0 radical (unpaired) electrons. The van der Waals surface area contributed by atoms with Gasteiger partial charge >= 0.3 is 0 Å². The van der Waals surface area contributed by atoms with Crippen molar-refractivity contribution in [2.75, 3.05) is 23.9 Å². The van der Waals surface area contributed by atoms with Gasteiger partial charge in [0.25, 0.3) is 5.22 Å². The Balaban J connectivity index is 1.41. The summed E-state index contributed by atoms with van der Waals surface area (Å²) in [6, 6.07) is 7.22. The van der Waals surface area contributed by atoms with E-state index in [2.05, 4.69) is 10.2 Å². The molecular formula is C15H17ClN2O4S2. The van der Waals surface area contributed by atoms with Gasteiger partial charge in [0.05, 0.1) is 18.1 Å². The molecule has 1 aliphatic rings. The zero-order chi connectivity index (χ0) is 17.0. The number of ether oxygens (including phenoxy) is 1. The van der Waals surface area contributed by atoms with Gasteiger partial charge in [-0.25, -0.2) is 8.42 Å². The van der Waals surface area contributed by atoms with Crippen LogP contribution in [0.5, 0.6) is 5.75 Å². The molecule has 1 unspecified atom stereocenters. The van der Waals surface area contributed by atoms with E-state index in [9.17, 15) is 8.42 Å². The Bertz CT molecular complexity index is 794. The second kappa shape index (κ2) is 7.76. The first-order valence-electron chi connectivity index (χ1n) is 7.54. The number of hydrogen-bond acceptors (Lipinski definition) is 7. The highest BCUT2D eigenvalue weighted by Crippen LogP contribution is 2.24. The lowest BCUT2D eigenvalue weighted by molar-refractivity contribution is 0.342. The number of rotatable bonds is 7. The molecule has 0 amide bonds.